The van der Waals surface area contributed by atoms with Crippen molar-refractivity contribution in [2.75, 3.05) is 32.6 Å². The van der Waals surface area contributed by atoms with Crippen molar-refractivity contribution in [3.63, 3.8) is 0 Å². The Kier molecular flexibility index (Phi) is 10.6. The number of nitrogens with one attached hydrogen (secondary N) is 2. The first-order valence-electron chi connectivity index (χ1n) is 17.5. The zero-order valence-corrected chi connectivity index (χ0v) is 30.1. The Labute approximate surface area is 286 Å². The number of anilines is 1. The van der Waals surface area contributed by atoms with Gasteiger partial charge in [-0.05, 0) is 90.3 Å². The third-order valence-corrected chi connectivity index (χ3v) is 11.7. The molecule has 1 saturated heterocycles. The lowest BCUT2D eigenvalue weighted by atomic mass is 9.45. The molecule has 0 radical (unpaired) electrons. The molecule has 2 amide bonds. The first kappa shape index (κ1) is 35.8. The molecule has 4 aliphatic rings. The second kappa shape index (κ2) is 14.2. The van der Waals surface area contributed by atoms with Gasteiger partial charge in [-0.25, -0.2) is 0 Å². The van der Waals surface area contributed by atoms with E-state index in [4.69, 9.17) is 15.3 Å². The summed E-state index contributed by atoms with van der Waals surface area (Å²) < 4.78 is 5.81. The number of fused-ring (bicyclic) bond motifs is 2. The molecule has 0 aromatic heterocycles. The van der Waals surface area contributed by atoms with Gasteiger partial charge in [0, 0.05) is 51.4 Å². The molecule has 1 aliphatic heterocycles. The standard InChI is InChI=1S/C38H55N5O5/c1-10-33(44)47-23(4)34-32(19-39)48-43(35(34)37(46)41-31-18-27-17-30(22(31)3)38(27,5)6)20-24-12-11-13-29(21(24)2)25-14-26(36(45)40-7)16-28(15-25)42(8)9/h11-16,22-23,27,30-32,34-35H,10,17-20,39H2,1-9H3,(H,40,45)(H,41,46)/t22-,23-,27+,30-,31-,32-,34+,35-/m0/s1. The SMILES string of the molecule is CCC(=O)O[C@@H](C)[C@@H]1[C@H](CN)ON(Cc2cccc(-c3cc(C(=O)NC)cc(N(C)C)c3)c2C)[C@@H]1C(=O)N[C@H]1C[C@H]2C[C@@H]([C@@H]1C)C2(C)C. The second-order valence-electron chi connectivity index (χ2n) is 14.9. The first-order valence-corrected chi connectivity index (χ1v) is 17.5. The van der Waals surface area contributed by atoms with Crippen molar-refractivity contribution in [2.45, 2.75) is 91.6 Å². The van der Waals surface area contributed by atoms with Gasteiger partial charge in [0.2, 0.25) is 5.91 Å². The number of nitrogens with two attached hydrogens (primary N) is 1. The summed E-state index contributed by atoms with van der Waals surface area (Å²) in [4.78, 5) is 48.0. The predicted octanol–water partition coefficient (Wildman–Crippen LogP) is 4.68. The molecule has 4 N–H and O–H groups in total. The molecule has 4 fully saturated rings. The summed E-state index contributed by atoms with van der Waals surface area (Å²) in [5.74, 6) is 0.490. The fourth-order valence-corrected chi connectivity index (χ4v) is 8.52. The van der Waals surface area contributed by atoms with Gasteiger partial charge >= 0.3 is 5.97 Å². The van der Waals surface area contributed by atoms with E-state index in [-0.39, 0.29) is 36.8 Å². The number of hydrogen-bond acceptors (Lipinski definition) is 8. The summed E-state index contributed by atoms with van der Waals surface area (Å²) in [6.45, 7) is 13.1. The summed E-state index contributed by atoms with van der Waals surface area (Å²) in [6.07, 6.45) is 1.34. The number of nitrogens with zero attached hydrogens (tertiary/aromatic N) is 2. The number of rotatable bonds is 11. The lowest BCUT2D eigenvalue weighted by Crippen LogP contribution is -2.62. The van der Waals surface area contributed by atoms with Crippen LogP contribution in [0.3, 0.4) is 0 Å². The van der Waals surface area contributed by atoms with Crippen LogP contribution in [0.5, 0.6) is 0 Å². The van der Waals surface area contributed by atoms with Crippen molar-refractivity contribution in [2.24, 2.45) is 34.8 Å². The van der Waals surface area contributed by atoms with Crippen LogP contribution in [0.1, 0.15) is 75.4 Å². The minimum Gasteiger partial charge on any atom is -0.462 e. The maximum atomic E-state index is 14.4. The molecule has 262 valence electrons. The minimum atomic E-state index is -0.711. The van der Waals surface area contributed by atoms with Gasteiger partial charge in [-0.3, -0.25) is 19.2 Å². The summed E-state index contributed by atoms with van der Waals surface area (Å²) in [7, 11) is 5.53. The number of ether oxygens (including phenoxy) is 1. The zero-order valence-electron chi connectivity index (χ0n) is 30.1. The molecule has 10 nitrogen and oxygen atoms in total. The highest BCUT2D eigenvalue weighted by molar-refractivity contribution is 5.96. The Bertz CT molecular complexity index is 1520. The van der Waals surface area contributed by atoms with Crippen LogP contribution in [-0.2, 0) is 25.7 Å². The Hall–Kier alpha value is -3.47. The molecule has 8 atom stereocenters. The number of amides is 2. The molecular weight excluding hydrogens is 606 g/mol. The lowest BCUT2D eigenvalue weighted by molar-refractivity contribution is -0.175. The quantitative estimate of drug-likeness (QED) is 0.297. The van der Waals surface area contributed by atoms with E-state index in [1.165, 1.54) is 6.42 Å². The Morgan fingerprint density at radius 1 is 1.17 bits per heavy atom. The zero-order chi connectivity index (χ0) is 35.1. The van der Waals surface area contributed by atoms with Crippen molar-refractivity contribution in [1.29, 1.82) is 0 Å². The fraction of sp³-hybridized carbons (Fsp3) is 0.605. The molecule has 0 spiro atoms. The number of benzene rings is 2. The highest BCUT2D eigenvalue weighted by Gasteiger charge is 2.57. The maximum Gasteiger partial charge on any atom is 0.305 e. The van der Waals surface area contributed by atoms with Crippen LogP contribution < -0.4 is 21.3 Å². The number of carbonyl (C=O) groups is 3. The first-order chi connectivity index (χ1) is 22.7. The topological polar surface area (TPSA) is 126 Å². The fourth-order valence-electron chi connectivity index (χ4n) is 8.52. The van der Waals surface area contributed by atoms with E-state index in [1.54, 1.807) is 19.0 Å². The number of hydrogen-bond donors (Lipinski definition) is 3. The van der Waals surface area contributed by atoms with Crippen LogP contribution in [0.4, 0.5) is 5.69 Å². The average Bonchev–Trinajstić information content (AvgIpc) is 3.44. The summed E-state index contributed by atoms with van der Waals surface area (Å²) in [6, 6.07) is 11.3. The maximum absolute atomic E-state index is 14.4. The molecule has 2 bridgehead atoms. The van der Waals surface area contributed by atoms with E-state index in [1.807, 2.05) is 56.3 Å². The second-order valence-corrected chi connectivity index (χ2v) is 14.9. The van der Waals surface area contributed by atoms with Crippen molar-refractivity contribution in [1.82, 2.24) is 15.7 Å². The van der Waals surface area contributed by atoms with Crippen molar-refractivity contribution in [3.05, 3.63) is 53.1 Å². The highest BCUT2D eigenvalue weighted by atomic mass is 16.7. The summed E-state index contributed by atoms with van der Waals surface area (Å²) >= 11 is 0. The van der Waals surface area contributed by atoms with Crippen LogP contribution in [-0.4, -0.2) is 74.8 Å². The predicted molar refractivity (Wildman–Crippen MR) is 188 cm³/mol. The van der Waals surface area contributed by atoms with E-state index in [2.05, 4.69) is 44.4 Å². The summed E-state index contributed by atoms with van der Waals surface area (Å²) in [5, 5.41) is 7.92. The van der Waals surface area contributed by atoms with Gasteiger partial charge in [-0.1, -0.05) is 45.9 Å². The normalized spacial score (nSPS) is 28.2. The number of hydroxylamine groups is 2. The number of esters is 1. The molecule has 3 saturated carbocycles. The van der Waals surface area contributed by atoms with E-state index >= 15 is 0 Å². The van der Waals surface area contributed by atoms with Crippen LogP contribution in [0.2, 0.25) is 0 Å². The largest absolute Gasteiger partial charge is 0.462 e. The highest BCUT2D eigenvalue weighted by Crippen LogP contribution is 2.61. The van der Waals surface area contributed by atoms with Gasteiger partial charge < -0.3 is 26.0 Å². The molecule has 1 heterocycles. The minimum absolute atomic E-state index is 0.0748. The molecule has 3 aliphatic carbocycles. The van der Waals surface area contributed by atoms with Crippen LogP contribution in [0, 0.1) is 36.0 Å². The van der Waals surface area contributed by atoms with E-state index in [0.717, 1.165) is 34.4 Å². The molecule has 2 aromatic rings. The molecule has 10 heteroatoms. The van der Waals surface area contributed by atoms with Crippen LogP contribution >= 0.6 is 0 Å². The van der Waals surface area contributed by atoms with Gasteiger partial charge in [0.05, 0.1) is 18.6 Å². The van der Waals surface area contributed by atoms with Crippen LogP contribution in [0.15, 0.2) is 36.4 Å². The molecule has 48 heavy (non-hydrogen) atoms. The average molecular weight is 662 g/mol. The van der Waals surface area contributed by atoms with Crippen LogP contribution in [0.25, 0.3) is 11.1 Å². The van der Waals surface area contributed by atoms with Gasteiger partial charge in [0.1, 0.15) is 12.1 Å². The van der Waals surface area contributed by atoms with Gasteiger partial charge in [0.25, 0.3) is 5.91 Å². The Balaban J connectivity index is 1.47. The Morgan fingerprint density at radius 2 is 1.90 bits per heavy atom. The van der Waals surface area contributed by atoms with E-state index < -0.39 is 24.2 Å². The van der Waals surface area contributed by atoms with Gasteiger partial charge in [-0.15, -0.1) is 0 Å². The molecule has 0 unspecified atom stereocenters. The molecule has 2 aromatic carbocycles. The van der Waals surface area contributed by atoms with Crippen molar-refractivity contribution in [3.8, 4) is 11.1 Å². The lowest BCUT2D eigenvalue weighted by Gasteiger charge is -2.62. The van der Waals surface area contributed by atoms with E-state index in [9.17, 15) is 14.4 Å². The van der Waals surface area contributed by atoms with Gasteiger partial charge in [0.15, 0.2) is 0 Å². The third kappa shape index (κ3) is 6.71. The third-order valence-electron chi connectivity index (χ3n) is 11.7. The van der Waals surface area contributed by atoms with Gasteiger partial charge in [-0.2, -0.15) is 5.06 Å². The molecular formula is C38H55N5O5. The smallest absolute Gasteiger partial charge is 0.305 e. The molecule has 6 rings (SSSR count). The number of carbonyl (C=O) groups excluding carboxylic acids is 3. The monoisotopic (exact) mass is 661 g/mol. The van der Waals surface area contributed by atoms with Crippen molar-refractivity contribution >= 4 is 23.5 Å². The Morgan fingerprint density at radius 3 is 2.50 bits per heavy atom. The van der Waals surface area contributed by atoms with Crippen molar-refractivity contribution < 1.29 is 24.0 Å². The summed E-state index contributed by atoms with van der Waals surface area (Å²) in [5.41, 5.74) is 11.9. The van der Waals surface area contributed by atoms with E-state index in [0.29, 0.717) is 35.3 Å².